The Labute approximate surface area is 145 Å². The van der Waals surface area contributed by atoms with Crippen LogP contribution in [0.3, 0.4) is 0 Å². The molecule has 28 heavy (non-hydrogen) atoms. The van der Waals surface area contributed by atoms with Crippen LogP contribution in [0, 0.1) is 0 Å². The van der Waals surface area contributed by atoms with Gasteiger partial charge in [0.25, 0.3) is 0 Å². The molecule has 0 spiro atoms. The molecular formula is C6AsF18N3. The Morgan fingerprint density at radius 2 is 0.393 bits per heavy atom. The van der Waals surface area contributed by atoms with E-state index in [1.54, 1.807) is 0 Å². The molecule has 0 aromatic heterocycles. The molecule has 3 nitrogen and oxygen atoms in total. The molecule has 0 bridgehead atoms. The van der Waals surface area contributed by atoms with Crippen LogP contribution in [0.25, 0.3) is 0 Å². The molecule has 0 aliphatic rings. The number of nitrogens with zero attached hydrogens (tertiary/aromatic N) is 3. The van der Waals surface area contributed by atoms with E-state index in [0.717, 1.165) is 0 Å². The predicted octanol–water partition coefficient (Wildman–Crippen LogP) is 5.00. The summed E-state index contributed by atoms with van der Waals surface area (Å²) < 4.78 is 212. The quantitative estimate of drug-likeness (QED) is 0.289. The molecule has 0 saturated carbocycles. The molecule has 0 amide bonds. The van der Waals surface area contributed by atoms with Crippen molar-refractivity contribution in [2.45, 2.75) is 37.8 Å². The van der Waals surface area contributed by atoms with Crippen LogP contribution >= 0.6 is 0 Å². The van der Waals surface area contributed by atoms with Crippen molar-refractivity contribution < 1.29 is 79.0 Å². The van der Waals surface area contributed by atoms with Crippen molar-refractivity contribution in [2.75, 3.05) is 0 Å². The fourth-order valence-corrected chi connectivity index (χ4v) is 4.99. The first-order valence-electron chi connectivity index (χ1n) is 5.34. The van der Waals surface area contributed by atoms with Crippen LogP contribution < -0.4 is 0 Å². The average Bonchev–Trinajstić information content (AvgIpc) is 2.13. The van der Waals surface area contributed by atoms with Crippen molar-refractivity contribution in [1.29, 1.82) is 0 Å². The number of hydrogen-bond donors (Lipinski definition) is 0. The van der Waals surface area contributed by atoms with Crippen molar-refractivity contribution in [3.63, 3.8) is 0 Å². The van der Waals surface area contributed by atoms with Gasteiger partial charge in [-0.2, -0.15) is 0 Å². The van der Waals surface area contributed by atoms with Gasteiger partial charge in [-0.3, -0.25) is 0 Å². The molecule has 0 N–H and O–H groups in total. The molecular weight excluding hydrogens is 531 g/mol. The molecule has 0 aliphatic heterocycles. The predicted molar refractivity (Wildman–Crippen MR) is 47.6 cm³/mol. The Hall–Kier alpha value is -0.822. The second-order valence-corrected chi connectivity index (χ2v) is 7.65. The van der Waals surface area contributed by atoms with E-state index in [2.05, 4.69) is 0 Å². The number of halogens is 18. The van der Waals surface area contributed by atoms with Gasteiger partial charge in [-0.25, -0.2) is 0 Å². The molecule has 22 heteroatoms. The van der Waals surface area contributed by atoms with Gasteiger partial charge in [-0.1, -0.05) is 0 Å². The van der Waals surface area contributed by atoms with E-state index in [1.807, 2.05) is 0 Å². The second-order valence-electron chi connectivity index (χ2n) is 4.01. The summed E-state index contributed by atoms with van der Waals surface area (Å²) in [5.41, 5.74) is 0. The molecule has 0 unspecified atom stereocenters. The van der Waals surface area contributed by atoms with E-state index >= 15 is 0 Å². The topological polar surface area (TPSA) is 9.72 Å². The van der Waals surface area contributed by atoms with Gasteiger partial charge in [0.05, 0.1) is 0 Å². The zero-order valence-corrected chi connectivity index (χ0v) is 13.5. The number of rotatable bonds is 3. The van der Waals surface area contributed by atoms with Crippen molar-refractivity contribution in [3.8, 4) is 0 Å². The van der Waals surface area contributed by atoms with E-state index in [9.17, 15) is 79.0 Å². The minimum atomic E-state index is -8.68. The first-order valence-corrected chi connectivity index (χ1v) is 7.86. The maximum atomic E-state index is 12.5. The van der Waals surface area contributed by atoms with Gasteiger partial charge in [-0.15, -0.1) is 0 Å². The fourth-order valence-electron chi connectivity index (χ4n) is 1.31. The zero-order chi connectivity index (χ0) is 23.3. The van der Waals surface area contributed by atoms with Gasteiger partial charge >= 0.3 is 144 Å². The van der Waals surface area contributed by atoms with Crippen LogP contribution in [0.4, 0.5) is 79.0 Å². The average molecular weight is 531 g/mol. The van der Waals surface area contributed by atoms with E-state index in [1.165, 1.54) is 0 Å². The normalized spacial score (nSPS) is 16.1. The third kappa shape index (κ3) is 6.61. The van der Waals surface area contributed by atoms with Crippen molar-refractivity contribution in [3.05, 3.63) is 0 Å². The Morgan fingerprint density at radius 1 is 0.286 bits per heavy atom. The summed E-state index contributed by atoms with van der Waals surface area (Å²) in [5.74, 6) is 0. The van der Waals surface area contributed by atoms with Crippen molar-refractivity contribution in [2.24, 2.45) is 0 Å². The molecule has 0 rings (SSSR count). The molecule has 0 aliphatic carbocycles. The van der Waals surface area contributed by atoms with Crippen LogP contribution in [0.15, 0.2) is 0 Å². The van der Waals surface area contributed by atoms with Crippen LogP contribution in [0.5, 0.6) is 0 Å². The second kappa shape index (κ2) is 7.46. The molecule has 0 aromatic carbocycles. The Bertz CT molecular complexity index is 400. The van der Waals surface area contributed by atoms with Crippen molar-refractivity contribution in [1.82, 2.24) is 11.5 Å². The van der Waals surface area contributed by atoms with Crippen LogP contribution in [-0.4, -0.2) is 64.6 Å². The van der Waals surface area contributed by atoms with Gasteiger partial charge in [0.15, 0.2) is 0 Å². The summed E-state index contributed by atoms with van der Waals surface area (Å²) in [6.07, 6.45) is -45.3. The summed E-state index contributed by atoms with van der Waals surface area (Å²) in [6.45, 7) is 0. The Morgan fingerprint density at radius 3 is 0.464 bits per heavy atom. The fraction of sp³-hybridized carbons (Fsp3) is 1.00. The summed E-state index contributed by atoms with van der Waals surface area (Å²) in [5, 5.41) is 0. The first-order chi connectivity index (χ1) is 11.7. The summed E-state index contributed by atoms with van der Waals surface area (Å²) in [6, 6.07) is 0. The van der Waals surface area contributed by atoms with E-state index in [-0.39, 0.29) is 0 Å². The molecule has 0 heterocycles. The van der Waals surface area contributed by atoms with E-state index < -0.39 is 64.6 Å². The van der Waals surface area contributed by atoms with E-state index in [4.69, 9.17) is 0 Å². The minimum absolute atomic E-state index is 4.01. The van der Waals surface area contributed by atoms with Crippen LogP contribution in [-0.2, 0) is 0 Å². The SMILES string of the molecule is FC(F)(F)N([As](N(C(F)(F)F)C(F)(F)F)N(C(F)(F)F)C(F)(F)F)C(F)(F)F. The zero-order valence-electron chi connectivity index (χ0n) is 11.6. The van der Waals surface area contributed by atoms with Gasteiger partial charge in [0, 0.05) is 0 Å². The standard InChI is InChI=1S/C6AsF18N3/c8-1(9,10)26(2(11,12)13)7(27(3(14,15)16)4(17,18)19)28(5(20,21)22)6(23,24)25. The molecule has 0 fully saturated rings. The summed E-state index contributed by atoms with van der Waals surface area (Å²) >= 11 is -8.68. The van der Waals surface area contributed by atoms with Gasteiger partial charge in [0.2, 0.25) is 0 Å². The third-order valence-corrected chi connectivity index (χ3v) is 7.08. The van der Waals surface area contributed by atoms with E-state index in [0.29, 0.717) is 0 Å². The summed E-state index contributed by atoms with van der Waals surface area (Å²) in [7, 11) is 0. The van der Waals surface area contributed by atoms with Crippen molar-refractivity contribution >= 4 is 15.3 Å². The number of hydrogen-bond acceptors (Lipinski definition) is 3. The first kappa shape index (κ1) is 27.2. The molecule has 0 aromatic rings. The Balaban J connectivity index is 7.30. The summed E-state index contributed by atoms with van der Waals surface area (Å²) in [4.78, 5) is 0. The Kier molecular flexibility index (Phi) is 7.24. The molecule has 0 atom stereocenters. The van der Waals surface area contributed by atoms with Gasteiger partial charge in [-0.05, 0) is 0 Å². The van der Waals surface area contributed by atoms with Crippen LogP contribution in [0.1, 0.15) is 0 Å². The maximum absolute atomic E-state index is 12.5. The van der Waals surface area contributed by atoms with Gasteiger partial charge in [0.1, 0.15) is 0 Å². The third-order valence-electron chi connectivity index (χ3n) is 1.98. The molecule has 0 saturated heterocycles. The molecule has 0 radical (unpaired) electrons. The van der Waals surface area contributed by atoms with Crippen LogP contribution in [0.2, 0.25) is 0 Å². The monoisotopic (exact) mass is 531 g/mol. The van der Waals surface area contributed by atoms with Gasteiger partial charge < -0.3 is 0 Å². The molecule has 170 valence electrons. The number of alkyl halides is 18.